The third kappa shape index (κ3) is 3.27. The summed E-state index contributed by atoms with van der Waals surface area (Å²) in [4.78, 5) is 3.98. The first-order valence-electron chi connectivity index (χ1n) is 6.02. The Kier molecular flexibility index (Phi) is 4.24. The molecule has 20 heavy (non-hydrogen) atoms. The van der Waals surface area contributed by atoms with Gasteiger partial charge < -0.3 is 4.74 Å². The molecule has 0 radical (unpaired) electrons. The van der Waals surface area contributed by atoms with Crippen molar-refractivity contribution >= 4 is 15.7 Å². The molecule has 0 bridgehead atoms. The highest BCUT2D eigenvalue weighted by molar-refractivity contribution is 7.92. The third-order valence-corrected chi connectivity index (χ3v) is 3.95. The second-order valence-electron chi connectivity index (χ2n) is 4.30. The number of anilines is 1. The molecule has 0 spiro atoms. The Bertz CT molecular complexity index is 672. The van der Waals surface area contributed by atoms with Gasteiger partial charge in [0, 0.05) is 12.3 Å². The number of methoxy groups -OCH3 is 1. The van der Waals surface area contributed by atoms with E-state index >= 15 is 0 Å². The van der Waals surface area contributed by atoms with Gasteiger partial charge in [0.05, 0.1) is 26.1 Å². The van der Waals surface area contributed by atoms with E-state index in [4.69, 9.17) is 4.74 Å². The lowest BCUT2D eigenvalue weighted by atomic mass is 10.2. The normalized spacial score (nSPS) is 11.1. The molecule has 0 aliphatic carbocycles. The lowest BCUT2D eigenvalue weighted by molar-refractivity contribution is 0.415. The molecule has 2 aromatic rings. The van der Waals surface area contributed by atoms with Crippen LogP contribution in [0.1, 0.15) is 5.56 Å². The van der Waals surface area contributed by atoms with Gasteiger partial charge in [-0.05, 0) is 5.56 Å². The van der Waals surface area contributed by atoms with Crippen LogP contribution in [-0.4, -0.2) is 26.8 Å². The minimum absolute atomic E-state index is 0.238. The Labute approximate surface area is 118 Å². The molecule has 106 valence electrons. The number of pyridine rings is 1. The fourth-order valence-corrected chi connectivity index (χ4v) is 2.74. The van der Waals surface area contributed by atoms with Gasteiger partial charge in [-0.1, -0.05) is 30.3 Å². The van der Waals surface area contributed by atoms with Gasteiger partial charge in [-0.2, -0.15) is 0 Å². The quantitative estimate of drug-likeness (QED) is 0.846. The number of hydrogen-bond donors (Lipinski definition) is 0. The fraction of sp³-hybridized carbons (Fsp3) is 0.214. The molecular formula is C14H16N2O3S. The van der Waals surface area contributed by atoms with E-state index in [1.165, 1.54) is 23.9 Å². The fourth-order valence-electron chi connectivity index (χ4n) is 1.86. The molecule has 5 nitrogen and oxygen atoms in total. The van der Waals surface area contributed by atoms with Crippen molar-refractivity contribution in [3.63, 3.8) is 0 Å². The molecule has 0 N–H and O–H groups in total. The molecule has 0 aliphatic rings. The lowest BCUT2D eigenvalue weighted by Crippen LogP contribution is -2.29. The Balaban J connectivity index is 2.44. The number of aromatic nitrogens is 1. The monoisotopic (exact) mass is 292 g/mol. The molecule has 1 heterocycles. The zero-order valence-corrected chi connectivity index (χ0v) is 12.2. The summed E-state index contributed by atoms with van der Waals surface area (Å²) in [5.74, 6) is 0.473. The van der Waals surface area contributed by atoms with Crippen molar-refractivity contribution in [1.82, 2.24) is 4.98 Å². The van der Waals surface area contributed by atoms with E-state index in [9.17, 15) is 8.42 Å². The number of benzene rings is 1. The summed E-state index contributed by atoms with van der Waals surface area (Å²) in [7, 11) is -1.93. The average Bonchev–Trinajstić information content (AvgIpc) is 2.45. The van der Waals surface area contributed by atoms with E-state index in [1.54, 1.807) is 12.3 Å². The minimum Gasteiger partial charge on any atom is -0.494 e. The maximum absolute atomic E-state index is 12.0. The maximum Gasteiger partial charge on any atom is 0.232 e. The van der Waals surface area contributed by atoms with Crippen LogP contribution in [0.3, 0.4) is 0 Å². The van der Waals surface area contributed by atoms with Crippen LogP contribution in [0.25, 0.3) is 0 Å². The van der Waals surface area contributed by atoms with Crippen molar-refractivity contribution in [2.45, 2.75) is 6.54 Å². The molecule has 0 amide bonds. The lowest BCUT2D eigenvalue weighted by Gasteiger charge is -2.23. The molecule has 0 saturated carbocycles. The molecular weight excluding hydrogens is 276 g/mol. The van der Waals surface area contributed by atoms with E-state index in [0.29, 0.717) is 11.4 Å². The molecule has 0 atom stereocenters. The zero-order chi connectivity index (χ0) is 14.6. The minimum atomic E-state index is -3.44. The molecule has 0 unspecified atom stereocenters. The van der Waals surface area contributed by atoms with Crippen molar-refractivity contribution in [3.05, 3.63) is 54.4 Å². The molecule has 1 aromatic heterocycles. The number of sulfonamides is 1. The van der Waals surface area contributed by atoms with Crippen LogP contribution < -0.4 is 9.04 Å². The van der Waals surface area contributed by atoms with Crippen molar-refractivity contribution in [2.24, 2.45) is 0 Å². The van der Waals surface area contributed by atoms with Crippen LogP contribution in [0.2, 0.25) is 0 Å². The maximum atomic E-state index is 12.0. The summed E-state index contributed by atoms with van der Waals surface area (Å²) in [5, 5.41) is 0. The smallest absolute Gasteiger partial charge is 0.232 e. The molecule has 0 saturated heterocycles. The third-order valence-electron chi connectivity index (χ3n) is 2.82. The van der Waals surface area contributed by atoms with Gasteiger partial charge >= 0.3 is 0 Å². The second-order valence-corrected chi connectivity index (χ2v) is 6.21. The van der Waals surface area contributed by atoms with Gasteiger partial charge in [-0.25, -0.2) is 8.42 Å². The van der Waals surface area contributed by atoms with Crippen LogP contribution >= 0.6 is 0 Å². The number of rotatable bonds is 5. The Hall–Kier alpha value is -2.08. The first-order valence-corrected chi connectivity index (χ1v) is 7.87. The van der Waals surface area contributed by atoms with Crippen molar-refractivity contribution < 1.29 is 13.2 Å². The average molecular weight is 292 g/mol. The van der Waals surface area contributed by atoms with Crippen LogP contribution in [0.15, 0.2) is 48.8 Å². The van der Waals surface area contributed by atoms with Gasteiger partial charge in [0.15, 0.2) is 0 Å². The number of nitrogens with zero attached hydrogens (tertiary/aromatic N) is 2. The van der Waals surface area contributed by atoms with E-state index in [1.807, 2.05) is 30.3 Å². The summed E-state index contributed by atoms with van der Waals surface area (Å²) in [6.45, 7) is 0.238. The predicted octanol–water partition coefficient (Wildman–Crippen LogP) is 2.06. The summed E-state index contributed by atoms with van der Waals surface area (Å²) in [6.07, 6.45) is 4.22. The topological polar surface area (TPSA) is 59.5 Å². The Morgan fingerprint density at radius 1 is 1.20 bits per heavy atom. The van der Waals surface area contributed by atoms with Crippen LogP contribution in [0, 0.1) is 0 Å². The first-order chi connectivity index (χ1) is 9.52. The van der Waals surface area contributed by atoms with Gasteiger partial charge in [0.25, 0.3) is 0 Å². The summed E-state index contributed by atoms with van der Waals surface area (Å²) in [5.41, 5.74) is 1.32. The van der Waals surface area contributed by atoms with Gasteiger partial charge in [0.1, 0.15) is 11.4 Å². The summed E-state index contributed by atoms with van der Waals surface area (Å²) >= 11 is 0. The molecule has 1 aromatic carbocycles. The zero-order valence-electron chi connectivity index (χ0n) is 11.4. The van der Waals surface area contributed by atoms with E-state index in [2.05, 4.69) is 4.98 Å². The highest BCUT2D eigenvalue weighted by atomic mass is 32.2. The van der Waals surface area contributed by atoms with Gasteiger partial charge in [-0.3, -0.25) is 9.29 Å². The highest BCUT2D eigenvalue weighted by Gasteiger charge is 2.21. The van der Waals surface area contributed by atoms with Gasteiger partial charge in [-0.15, -0.1) is 0 Å². The summed E-state index contributed by atoms with van der Waals surface area (Å²) < 4.78 is 30.6. The Morgan fingerprint density at radius 2 is 1.90 bits per heavy atom. The highest BCUT2D eigenvalue weighted by Crippen LogP contribution is 2.29. The molecule has 0 fully saturated rings. The van der Waals surface area contributed by atoms with Crippen molar-refractivity contribution in [3.8, 4) is 5.75 Å². The predicted molar refractivity (Wildman–Crippen MR) is 78.3 cm³/mol. The first kappa shape index (κ1) is 14.3. The Morgan fingerprint density at radius 3 is 2.50 bits per heavy atom. The van der Waals surface area contributed by atoms with Crippen molar-refractivity contribution in [1.29, 1.82) is 0 Å². The van der Waals surface area contributed by atoms with Crippen molar-refractivity contribution in [2.75, 3.05) is 17.7 Å². The summed E-state index contributed by atoms with van der Waals surface area (Å²) in [6, 6.07) is 11.0. The van der Waals surface area contributed by atoms with E-state index in [0.717, 1.165) is 5.56 Å². The van der Waals surface area contributed by atoms with Gasteiger partial charge in [0.2, 0.25) is 10.0 Å². The number of ether oxygens (including phenoxy) is 1. The molecule has 2 rings (SSSR count). The molecule has 0 aliphatic heterocycles. The SMILES string of the molecule is COc1ccncc1N(Cc1ccccc1)S(C)(=O)=O. The second kappa shape index (κ2) is 5.92. The van der Waals surface area contributed by atoms with Crippen LogP contribution in [-0.2, 0) is 16.6 Å². The standard InChI is InChI=1S/C14H16N2O3S/c1-19-14-8-9-15-10-13(14)16(20(2,17)18)11-12-6-4-3-5-7-12/h3-10H,11H2,1-2H3. The van der Waals surface area contributed by atoms with E-state index < -0.39 is 10.0 Å². The largest absolute Gasteiger partial charge is 0.494 e. The van der Waals surface area contributed by atoms with Crippen LogP contribution in [0.5, 0.6) is 5.75 Å². The molecule has 6 heteroatoms. The number of hydrogen-bond acceptors (Lipinski definition) is 4. The van der Waals surface area contributed by atoms with Crippen LogP contribution in [0.4, 0.5) is 5.69 Å². The van der Waals surface area contributed by atoms with E-state index in [-0.39, 0.29) is 6.54 Å².